The number of hydrogen-bond acceptors (Lipinski definition) is 8. The molecule has 0 spiro atoms. The van der Waals surface area contributed by atoms with E-state index in [1.807, 2.05) is 24.3 Å². The van der Waals surface area contributed by atoms with Gasteiger partial charge in [-0.15, -0.1) is 0 Å². The molecule has 5 rings (SSSR count). The summed E-state index contributed by atoms with van der Waals surface area (Å²) in [5.74, 6) is 1.92. The van der Waals surface area contributed by atoms with Crippen LogP contribution in [0, 0.1) is 0 Å². The summed E-state index contributed by atoms with van der Waals surface area (Å²) in [7, 11) is 5.01. The third kappa shape index (κ3) is 4.85. The molecule has 1 saturated heterocycles. The van der Waals surface area contributed by atoms with Gasteiger partial charge in [0.25, 0.3) is 11.9 Å². The molecule has 0 unspecified atom stereocenters. The zero-order valence-electron chi connectivity index (χ0n) is 20.1. The molecule has 0 bridgehead atoms. The van der Waals surface area contributed by atoms with Crippen molar-refractivity contribution < 1.29 is 23.7 Å². The van der Waals surface area contributed by atoms with Gasteiger partial charge in [-0.1, -0.05) is 0 Å². The van der Waals surface area contributed by atoms with Crippen LogP contribution in [0.15, 0.2) is 36.7 Å². The van der Waals surface area contributed by atoms with Crippen LogP contribution in [0.4, 0.5) is 0 Å². The molecular weight excluding hydrogens is 450 g/mol. The highest BCUT2D eigenvalue weighted by Crippen LogP contribution is 2.42. The first-order valence-corrected chi connectivity index (χ1v) is 11.7. The molecule has 1 aliphatic heterocycles. The van der Waals surface area contributed by atoms with Gasteiger partial charge in [-0.2, -0.15) is 5.10 Å². The fraction of sp³-hybridized carbons (Fsp3) is 0.440. The number of aromatic nitrogens is 4. The second-order valence-electron chi connectivity index (χ2n) is 8.69. The van der Waals surface area contributed by atoms with Gasteiger partial charge in [-0.25, -0.2) is 14.6 Å². The lowest BCUT2D eigenvalue weighted by atomic mass is 10.1. The monoisotopic (exact) mass is 479 g/mol. The van der Waals surface area contributed by atoms with Gasteiger partial charge >= 0.3 is 0 Å². The number of carbonyl (C=O) groups excluding carboxylic acids is 1. The van der Waals surface area contributed by atoms with E-state index in [9.17, 15) is 4.79 Å². The summed E-state index contributed by atoms with van der Waals surface area (Å²) in [6, 6.07) is 7.36. The van der Waals surface area contributed by atoms with E-state index in [0.717, 1.165) is 24.1 Å². The quantitative estimate of drug-likeness (QED) is 0.486. The van der Waals surface area contributed by atoms with Crippen molar-refractivity contribution in [1.82, 2.24) is 24.6 Å². The largest absolute Gasteiger partial charge is 0.497 e. The number of carbonyl (C=O) groups is 1. The maximum absolute atomic E-state index is 13.4. The van der Waals surface area contributed by atoms with Crippen LogP contribution < -0.4 is 9.47 Å². The van der Waals surface area contributed by atoms with Gasteiger partial charge in [0.05, 0.1) is 63.3 Å². The van der Waals surface area contributed by atoms with Crippen molar-refractivity contribution in [3.8, 4) is 28.7 Å². The molecule has 10 heteroatoms. The van der Waals surface area contributed by atoms with Gasteiger partial charge in [0.2, 0.25) is 0 Å². The van der Waals surface area contributed by atoms with Crippen LogP contribution in [0.3, 0.4) is 0 Å². The van der Waals surface area contributed by atoms with E-state index >= 15 is 0 Å². The molecule has 1 aromatic carbocycles. The molecule has 3 aromatic rings. The second-order valence-corrected chi connectivity index (χ2v) is 8.69. The number of methoxy groups -OCH3 is 2. The molecule has 35 heavy (non-hydrogen) atoms. The van der Waals surface area contributed by atoms with Crippen LogP contribution in [0.1, 0.15) is 34.8 Å². The number of amides is 1. The predicted octanol–water partition coefficient (Wildman–Crippen LogP) is 2.71. The molecule has 0 radical (unpaired) electrons. The smallest absolute Gasteiger partial charge is 0.257 e. The molecule has 2 aliphatic rings. The Morgan fingerprint density at radius 3 is 2.77 bits per heavy atom. The average molecular weight is 480 g/mol. The Labute approximate surface area is 203 Å². The van der Waals surface area contributed by atoms with Crippen LogP contribution in [0.2, 0.25) is 0 Å². The highest BCUT2D eigenvalue weighted by Gasteiger charge is 2.35. The molecule has 184 valence electrons. The Balaban J connectivity index is 1.46. The summed E-state index contributed by atoms with van der Waals surface area (Å²) in [5, 5.41) is 4.54. The van der Waals surface area contributed by atoms with E-state index in [1.54, 1.807) is 43.2 Å². The molecule has 3 heterocycles. The number of ether oxygens (including phenoxy) is 4. The lowest BCUT2D eigenvalue weighted by Gasteiger charge is -2.27. The number of likely N-dealkylation sites (N-methyl/N-ethyl adjacent to an activating group) is 1. The Kier molecular flexibility index (Phi) is 6.65. The molecular formula is C25H29N5O5. The van der Waals surface area contributed by atoms with Gasteiger partial charge in [0.1, 0.15) is 11.5 Å². The summed E-state index contributed by atoms with van der Waals surface area (Å²) in [6.07, 6.45) is 5.17. The maximum Gasteiger partial charge on any atom is 0.257 e. The van der Waals surface area contributed by atoms with E-state index in [0.29, 0.717) is 55.1 Å². The highest BCUT2D eigenvalue weighted by molar-refractivity contribution is 5.95. The average Bonchev–Trinajstić information content (AvgIpc) is 3.65. The number of nitrogens with zero attached hydrogens (tertiary/aromatic N) is 5. The molecule has 2 aromatic heterocycles. The van der Waals surface area contributed by atoms with Crippen molar-refractivity contribution in [2.24, 2.45) is 0 Å². The normalized spacial score (nSPS) is 17.7. The minimum Gasteiger partial charge on any atom is -0.497 e. The van der Waals surface area contributed by atoms with Gasteiger partial charge < -0.3 is 23.8 Å². The fourth-order valence-corrected chi connectivity index (χ4v) is 4.28. The minimum absolute atomic E-state index is 0.0991. The first kappa shape index (κ1) is 23.3. The molecule has 1 aliphatic carbocycles. The van der Waals surface area contributed by atoms with Gasteiger partial charge in [0, 0.05) is 31.3 Å². The zero-order chi connectivity index (χ0) is 24.4. The molecule has 1 atom stereocenters. The van der Waals surface area contributed by atoms with Gasteiger partial charge in [-0.05, 0) is 37.1 Å². The molecule has 2 fully saturated rings. The zero-order valence-corrected chi connectivity index (χ0v) is 20.1. The Bertz CT molecular complexity index is 1200. The SMILES string of the molecule is COc1ccc(OC)c(-c2ccnc(-n3ncc(C(=O)N(C)C[C@H]4COCCO4)c3C3CC3)n2)c1. The maximum atomic E-state index is 13.4. The summed E-state index contributed by atoms with van der Waals surface area (Å²) in [5.41, 5.74) is 2.86. The number of rotatable bonds is 8. The van der Waals surface area contributed by atoms with E-state index in [1.165, 1.54) is 0 Å². The first-order chi connectivity index (χ1) is 17.1. The number of benzene rings is 1. The molecule has 1 amide bonds. The van der Waals surface area contributed by atoms with Crippen LogP contribution in [-0.2, 0) is 9.47 Å². The Hall–Kier alpha value is -3.50. The van der Waals surface area contributed by atoms with E-state index in [4.69, 9.17) is 23.9 Å². The molecule has 0 N–H and O–H groups in total. The summed E-state index contributed by atoms with van der Waals surface area (Å²) in [4.78, 5) is 24.3. The topological polar surface area (TPSA) is 101 Å². The second kappa shape index (κ2) is 10.0. The lowest BCUT2D eigenvalue weighted by molar-refractivity contribution is -0.0933. The summed E-state index contributed by atoms with van der Waals surface area (Å²) >= 11 is 0. The first-order valence-electron chi connectivity index (χ1n) is 11.7. The van der Waals surface area contributed by atoms with Gasteiger partial charge in [0.15, 0.2) is 0 Å². The van der Waals surface area contributed by atoms with E-state index < -0.39 is 0 Å². The predicted molar refractivity (Wildman–Crippen MR) is 127 cm³/mol. The van der Waals surface area contributed by atoms with Crippen molar-refractivity contribution in [1.29, 1.82) is 0 Å². The fourth-order valence-electron chi connectivity index (χ4n) is 4.28. The highest BCUT2D eigenvalue weighted by atomic mass is 16.6. The summed E-state index contributed by atoms with van der Waals surface area (Å²) in [6.45, 7) is 2.08. The van der Waals surface area contributed by atoms with Crippen molar-refractivity contribution in [2.45, 2.75) is 24.9 Å². The minimum atomic E-state index is -0.130. The van der Waals surface area contributed by atoms with Crippen molar-refractivity contribution in [3.63, 3.8) is 0 Å². The molecule has 1 saturated carbocycles. The third-order valence-corrected chi connectivity index (χ3v) is 6.22. The Morgan fingerprint density at radius 2 is 2.06 bits per heavy atom. The van der Waals surface area contributed by atoms with Crippen molar-refractivity contribution >= 4 is 5.91 Å². The lowest BCUT2D eigenvalue weighted by Crippen LogP contribution is -2.41. The number of hydrogen-bond donors (Lipinski definition) is 0. The van der Waals surface area contributed by atoms with E-state index in [2.05, 4.69) is 10.1 Å². The van der Waals surface area contributed by atoms with Crippen molar-refractivity contribution in [2.75, 3.05) is 47.6 Å². The van der Waals surface area contributed by atoms with Crippen LogP contribution >= 0.6 is 0 Å². The summed E-state index contributed by atoms with van der Waals surface area (Å²) < 4.78 is 23.8. The third-order valence-electron chi connectivity index (χ3n) is 6.22. The van der Waals surface area contributed by atoms with E-state index in [-0.39, 0.29) is 17.9 Å². The van der Waals surface area contributed by atoms with Crippen LogP contribution in [0.5, 0.6) is 11.5 Å². The standard InChI is InChI=1S/C25H29N5O5/c1-29(14-18-15-34-10-11-35-18)24(31)20-13-27-30(23(20)16-4-5-16)25-26-9-8-21(28-25)19-12-17(32-2)6-7-22(19)33-3/h6-9,12-13,16,18H,4-5,10-11,14-15H2,1-3H3/t18-/m0/s1. The van der Waals surface area contributed by atoms with Crippen molar-refractivity contribution in [3.05, 3.63) is 47.9 Å². The van der Waals surface area contributed by atoms with Gasteiger partial charge in [-0.3, -0.25) is 4.79 Å². The van der Waals surface area contributed by atoms with Crippen LogP contribution in [0.25, 0.3) is 17.2 Å². The van der Waals surface area contributed by atoms with Crippen LogP contribution in [-0.4, -0.2) is 84.3 Å². The molecule has 10 nitrogen and oxygen atoms in total. The Morgan fingerprint density at radius 1 is 1.20 bits per heavy atom.